The zero-order chi connectivity index (χ0) is 11.1. The molecule has 0 spiro atoms. The van der Waals surface area contributed by atoms with Crippen molar-refractivity contribution in [2.75, 3.05) is 0 Å². The molecule has 2 nitrogen and oxygen atoms in total. The van der Waals surface area contributed by atoms with Crippen molar-refractivity contribution in [3.63, 3.8) is 0 Å². The van der Waals surface area contributed by atoms with Crippen LogP contribution in [0.25, 0.3) is 0 Å². The first kappa shape index (κ1) is 12.2. The molecule has 0 bridgehead atoms. The van der Waals surface area contributed by atoms with Crippen LogP contribution in [0.4, 0.5) is 0 Å². The van der Waals surface area contributed by atoms with Crippen LogP contribution >= 0.6 is 0 Å². The Morgan fingerprint density at radius 3 is 3.00 bits per heavy atom. The third-order valence-corrected chi connectivity index (χ3v) is 2.66. The molecule has 0 aliphatic heterocycles. The van der Waals surface area contributed by atoms with Crippen LogP contribution in [0.5, 0.6) is 0 Å². The summed E-state index contributed by atoms with van der Waals surface area (Å²) >= 11 is 0. The van der Waals surface area contributed by atoms with E-state index in [2.05, 4.69) is 19.1 Å². The van der Waals surface area contributed by atoms with Gasteiger partial charge in [-0.15, -0.1) is 0 Å². The van der Waals surface area contributed by atoms with Gasteiger partial charge in [-0.25, -0.2) is 0 Å². The molecule has 0 aromatic heterocycles. The van der Waals surface area contributed by atoms with E-state index in [1.165, 1.54) is 0 Å². The first-order valence-electron chi connectivity index (χ1n) is 5.82. The van der Waals surface area contributed by atoms with Gasteiger partial charge in [0.05, 0.1) is 6.10 Å². The van der Waals surface area contributed by atoms with Crippen molar-refractivity contribution in [2.24, 2.45) is 0 Å². The van der Waals surface area contributed by atoms with E-state index in [1.807, 2.05) is 6.08 Å². The molecule has 0 amide bonds. The number of Topliss-reactive ketones (excluding diaryl/α,β-unsaturated/α-hetero) is 1. The largest absolute Gasteiger partial charge is 0.388 e. The molecule has 1 atom stereocenters. The molecule has 1 rings (SSSR count). The lowest BCUT2D eigenvalue weighted by Gasteiger charge is -2.16. The number of hydrogen-bond donors (Lipinski definition) is 1. The molecule has 15 heavy (non-hydrogen) atoms. The second-order valence-electron chi connectivity index (χ2n) is 3.95. The molecular formula is C13H20O2. The van der Waals surface area contributed by atoms with Gasteiger partial charge in [0.2, 0.25) is 0 Å². The van der Waals surface area contributed by atoms with E-state index in [4.69, 9.17) is 0 Å². The summed E-state index contributed by atoms with van der Waals surface area (Å²) in [7, 11) is 0. The van der Waals surface area contributed by atoms with Crippen molar-refractivity contribution in [2.45, 2.75) is 51.6 Å². The molecule has 0 saturated carbocycles. The Morgan fingerprint density at radius 1 is 1.53 bits per heavy atom. The maximum Gasteiger partial charge on any atom is 0.161 e. The molecular weight excluding hydrogens is 188 g/mol. The van der Waals surface area contributed by atoms with Crippen molar-refractivity contribution in [3.8, 4) is 0 Å². The first-order chi connectivity index (χ1) is 7.25. The average Bonchev–Trinajstić information content (AvgIpc) is 2.25. The summed E-state index contributed by atoms with van der Waals surface area (Å²) in [5.41, 5.74) is 0.645. The topological polar surface area (TPSA) is 37.3 Å². The van der Waals surface area contributed by atoms with Gasteiger partial charge in [0, 0.05) is 12.0 Å². The standard InChI is InChI=1S/C13H20O2/c1-2-3-4-5-9-12(14)11-8-6-7-10-13(11)15/h3-4,8,12,14H,2,5-7,9-10H2,1H3/b4-3+/t12-/m1/s1. The first-order valence-corrected chi connectivity index (χ1v) is 5.82. The van der Waals surface area contributed by atoms with Crippen LogP contribution in [0.2, 0.25) is 0 Å². The third kappa shape index (κ3) is 4.00. The number of carbonyl (C=O) groups is 1. The van der Waals surface area contributed by atoms with Gasteiger partial charge in [0.1, 0.15) is 0 Å². The number of allylic oxidation sites excluding steroid dienone is 3. The molecule has 2 heteroatoms. The minimum atomic E-state index is -0.556. The minimum Gasteiger partial charge on any atom is -0.388 e. The zero-order valence-corrected chi connectivity index (χ0v) is 9.41. The molecule has 0 aromatic rings. The molecule has 1 aliphatic rings. The zero-order valence-electron chi connectivity index (χ0n) is 9.41. The van der Waals surface area contributed by atoms with Gasteiger partial charge in [-0.1, -0.05) is 25.2 Å². The van der Waals surface area contributed by atoms with Gasteiger partial charge < -0.3 is 5.11 Å². The highest BCUT2D eigenvalue weighted by Crippen LogP contribution is 2.19. The van der Waals surface area contributed by atoms with E-state index in [1.54, 1.807) is 0 Å². The molecule has 0 radical (unpaired) electrons. The van der Waals surface area contributed by atoms with Crippen LogP contribution < -0.4 is 0 Å². The SMILES string of the molecule is CC/C=C/CC[C@@H](O)C1=CCCCC1=O. The fourth-order valence-corrected chi connectivity index (χ4v) is 1.79. The van der Waals surface area contributed by atoms with E-state index in [-0.39, 0.29) is 5.78 Å². The Kier molecular flexibility index (Phi) is 5.33. The highest BCUT2D eigenvalue weighted by Gasteiger charge is 2.19. The van der Waals surface area contributed by atoms with E-state index >= 15 is 0 Å². The second-order valence-corrected chi connectivity index (χ2v) is 3.95. The van der Waals surface area contributed by atoms with Crippen molar-refractivity contribution >= 4 is 5.78 Å². The lowest BCUT2D eigenvalue weighted by Crippen LogP contribution is -2.20. The lowest BCUT2D eigenvalue weighted by molar-refractivity contribution is -0.117. The summed E-state index contributed by atoms with van der Waals surface area (Å²) in [6.07, 6.45) is 10.5. The minimum absolute atomic E-state index is 0.133. The maximum atomic E-state index is 11.5. The summed E-state index contributed by atoms with van der Waals surface area (Å²) in [6.45, 7) is 2.08. The summed E-state index contributed by atoms with van der Waals surface area (Å²) in [5.74, 6) is 0.133. The second kappa shape index (κ2) is 6.57. The van der Waals surface area contributed by atoms with Gasteiger partial charge in [-0.3, -0.25) is 4.79 Å². The number of aliphatic hydroxyl groups excluding tert-OH is 1. The number of hydrogen-bond acceptors (Lipinski definition) is 2. The highest BCUT2D eigenvalue weighted by atomic mass is 16.3. The maximum absolute atomic E-state index is 11.5. The Hall–Kier alpha value is -0.890. The van der Waals surface area contributed by atoms with Gasteiger partial charge in [0.15, 0.2) is 5.78 Å². The Morgan fingerprint density at radius 2 is 2.33 bits per heavy atom. The van der Waals surface area contributed by atoms with Crippen molar-refractivity contribution < 1.29 is 9.90 Å². The smallest absolute Gasteiger partial charge is 0.161 e. The van der Waals surface area contributed by atoms with Crippen molar-refractivity contribution in [1.82, 2.24) is 0 Å². The van der Waals surface area contributed by atoms with Crippen LogP contribution in [-0.2, 0) is 4.79 Å². The van der Waals surface area contributed by atoms with E-state index in [0.29, 0.717) is 18.4 Å². The highest BCUT2D eigenvalue weighted by molar-refractivity contribution is 5.96. The Labute approximate surface area is 91.7 Å². The molecule has 0 heterocycles. The van der Waals surface area contributed by atoms with Gasteiger partial charge in [-0.05, 0) is 32.1 Å². The number of aliphatic hydroxyl groups is 1. The molecule has 0 fully saturated rings. The Bertz CT molecular complexity index is 264. The van der Waals surface area contributed by atoms with Crippen molar-refractivity contribution in [1.29, 1.82) is 0 Å². The average molecular weight is 208 g/mol. The normalized spacial score (nSPS) is 19.3. The van der Waals surface area contributed by atoms with Crippen LogP contribution in [0.1, 0.15) is 45.4 Å². The number of rotatable bonds is 5. The molecule has 0 aromatic carbocycles. The summed E-state index contributed by atoms with van der Waals surface area (Å²) < 4.78 is 0. The molecule has 0 unspecified atom stereocenters. The van der Waals surface area contributed by atoms with Gasteiger partial charge in [0.25, 0.3) is 0 Å². The van der Waals surface area contributed by atoms with Crippen LogP contribution in [0.3, 0.4) is 0 Å². The fraction of sp³-hybridized carbons (Fsp3) is 0.615. The van der Waals surface area contributed by atoms with E-state index < -0.39 is 6.10 Å². The Balaban J connectivity index is 2.38. The van der Waals surface area contributed by atoms with Crippen LogP contribution in [0.15, 0.2) is 23.8 Å². The number of ketones is 1. The molecule has 1 N–H and O–H groups in total. The molecule has 1 aliphatic carbocycles. The monoisotopic (exact) mass is 208 g/mol. The lowest BCUT2D eigenvalue weighted by atomic mass is 9.92. The summed E-state index contributed by atoms with van der Waals surface area (Å²) in [5, 5.41) is 9.82. The van der Waals surface area contributed by atoms with E-state index in [0.717, 1.165) is 25.7 Å². The number of carbonyl (C=O) groups excluding carboxylic acids is 1. The van der Waals surface area contributed by atoms with E-state index in [9.17, 15) is 9.90 Å². The van der Waals surface area contributed by atoms with Gasteiger partial charge in [-0.2, -0.15) is 0 Å². The third-order valence-electron chi connectivity index (χ3n) is 2.66. The summed E-state index contributed by atoms with van der Waals surface area (Å²) in [4.78, 5) is 11.5. The summed E-state index contributed by atoms with van der Waals surface area (Å²) in [6, 6.07) is 0. The predicted molar refractivity (Wildman–Crippen MR) is 61.6 cm³/mol. The molecule has 0 saturated heterocycles. The van der Waals surface area contributed by atoms with Gasteiger partial charge >= 0.3 is 0 Å². The molecule has 84 valence electrons. The van der Waals surface area contributed by atoms with Crippen LogP contribution in [0, 0.1) is 0 Å². The van der Waals surface area contributed by atoms with Crippen LogP contribution in [-0.4, -0.2) is 17.0 Å². The predicted octanol–water partition coefficient (Wildman–Crippen LogP) is 2.77. The fourth-order valence-electron chi connectivity index (χ4n) is 1.79. The van der Waals surface area contributed by atoms with Crippen molar-refractivity contribution in [3.05, 3.63) is 23.8 Å². The quantitative estimate of drug-likeness (QED) is 0.705.